The molecule has 0 saturated carbocycles. The van der Waals surface area contributed by atoms with Gasteiger partial charge in [0.1, 0.15) is 0 Å². The van der Waals surface area contributed by atoms with Crippen LogP contribution in [0.2, 0.25) is 0 Å². The minimum Gasteiger partial charge on any atom is -0.389 e. The molecule has 1 aliphatic rings. The summed E-state index contributed by atoms with van der Waals surface area (Å²) in [6.45, 7) is 3.61. The molecule has 0 amide bonds. The van der Waals surface area contributed by atoms with Gasteiger partial charge in [-0.05, 0) is 13.3 Å². The van der Waals surface area contributed by atoms with Crippen molar-refractivity contribution in [3.05, 3.63) is 35.9 Å². The van der Waals surface area contributed by atoms with Gasteiger partial charge < -0.3 is 5.11 Å². The summed E-state index contributed by atoms with van der Waals surface area (Å²) in [5.74, 6) is 0.123. The van der Waals surface area contributed by atoms with Crippen molar-refractivity contribution in [3.63, 3.8) is 0 Å². The van der Waals surface area contributed by atoms with E-state index in [2.05, 4.69) is 0 Å². The highest BCUT2D eigenvalue weighted by Crippen LogP contribution is 2.20. The van der Waals surface area contributed by atoms with Gasteiger partial charge in [-0.3, -0.25) is 9.69 Å². The Labute approximate surface area is 95.7 Å². The highest BCUT2D eigenvalue weighted by molar-refractivity contribution is 5.97. The third kappa shape index (κ3) is 2.68. The van der Waals surface area contributed by atoms with E-state index < -0.39 is 5.60 Å². The Balaban J connectivity index is 1.94. The Morgan fingerprint density at radius 3 is 2.69 bits per heavy atom. The first-order valence-corrected chi connectivity index (χ1v) is 5.60. The monoisotopic (exact) mass is 219 g/mol. The second-order valence-electron chi connectivity index (χ2n) is 4.75. The highest BCUT2D eigenvalue weighted by atomic mass is 16.3. The SMILES string of the molecule is CC1(O)CCN(CC(=O)c2ccccc2)C1. The van der Waals surface area contributed by atoms with Gasteiger partial charge in [0.2, 0.25) is 0 Å². The van der Waals surface area contributed by atoms with Crippen LogP contribution in [0.5, 0.6) is 0 Å². The van der Waals surface area contributed by atoms with E-state index in [0.717, 1.165) is 18.5 Å². The van der Waals surface area contributed by atoms with Crippen LogP contribution in [0.1, 0.15) is 23.7 Å². The second-order valence-corrected chi connectivity index (χ2v) is 4.75. The van der Waals surface area contributed by atoms with Crippen LogP contribution in [-0.4, -0.2) is 41.0 Å². The summed E-state index contributed by atoms with van der Waals surface area (Å²) in [6, 6.07) is 9.30. The smallest absolute Gasteiger partial charge is 0.176 e. The maximum Gasteiger partial charge on any atom is 0.176 e. The van der Waals surface area contributed by atoms with Crippen molar-refractivity contribution in [1.29, 1.82) is 0 Å². The number of β-amino-alcohol motifs (C(OH)–C–C–N with tert-alkyl or cyclic N) is 1. The number of ketones is 1. The van der Waals surface area contributed by atoms with Crippen LogP contribution in [0.25, 0.3) is 0 Å². The van der Waals surface area contributed by atoms with Crippen LogP contribution in [0, 0.1) is 0 Å². The van der Waals surface area contributed by atoms with E-state index >= 15 is 0 Å². The van der Waals surface area contributed by atoms with Gasteiger partial charge in [-0.15, -0.1) is 0 Å². The predicted octanol–water partition coefficient (Wildman–Crippen LogP) is 1.33. The van der Waals surface area contributed by atoms with Crippen LogP contribution >= 0.6 is 0 Å². The zero-order chi connectivity index (χ0) is 11.6. The molecule has 0 bridgehead atoms. The number of carbonyl (C=O) groups is 1. The van der Waals surface area contributed by atoms with Crippen LogP contribution in [0.15, 0.2) is 30.3 Å². The molecule has 0 aromatic heterocycles. The zero-order valence-electron chi connectivity index (χ0n) is 9.52. The van der Waals surface area contributed by atoms with Gasteiger partial charge in [-0.25, -0.2) is 0 Å². The van der Waals surface area contributed by atoms with E-state index in [1.165, 1.54) is 0 Å². The Bertz CT molecular complexity index is 373. The number of hydrogen-bond acceptors (Lipinski definition) is 3. The van der Waals surface area contributed by atoms with Crippen molar-refractivity contribution >= 4 is 5.78 Å². The van der Waals surface area contributed by atoms with Gasteiger partial charge in [-0.1, -0.05) is 30.3 Å². The first-order valence-electron chi connectivity index (χ1n) is 5.60. The molecule has 0 aliphatic carbocycles. The average molecular weight is 219 g/mol. The molecule has 3 heteroatoms. The average Bonchev–Trinajstić information content (AvgIpc) is 2.59. The number of hydrogen-bond donors (Lipinski definition) is 1. The van der Waals surface area contributed by atoms with Crippen molar-refractivity contribution < 1.29 is 9.90 Å². The molecule has 0 spiro atoms. The lowest BCUT2D eigenvalue weighted by Crippen LogP contribution is -2.33. The van der Waals surface area contributed by atoms with E-state index in [-0.39, 0.29) is 5.78 Å². The summed E-state index contributed by atoms with van der Waals surface area (Å²) in [5, 5.41) is 9.80. The van der Waals surface area contributed by atoms with Gasteiger partial charge >= 0.3 is 0 Å². The molecule has 1 aromatic rings. The van der Waals surface area contributed by atoms with Crippen molar-refractivity contribution in [2.24, 2.45) is 0 Å². The zero-order valence-corrected chi connectivity index (χ0v) is 9.52. The summed E-state index contributed by atoms with van der Waals surface area (Å²) in [5.41, 5.74) is 0.116. The van der Waals surface area contributed by atoms with Crippen molar-refractivity contribution in [2.45, 2.75) is 18.9 Å². The lowest BCUT2D eigenvalue weighted by Gasteiger charge is -2.17. The Morgan fingerprint density at radius 1 is 1.44 bits per heavy atom. The number of carbonyl (C=O) groups excluding carboxylic acids is 1. The fraction of sp³-hybridized carbons (Fsp3) is 0.462. The molecule has 16 heavy (non-hydrogen) atoms. The van der Waals surface area contributed by atoms with E-state index in [1.807, 2.05) is 42.2 Å². The Morgan fingerprint density at radius 2 is 2.12 bits per heavy atom. The third-order valence-corrected chi connectivity index (χ3v) is 2.99. The first kappa shape index (κ1) is 11.3. The van der Waals surface area contributed by atoms with Crippen LogP contribution < -0.4 is 0 Å². The third-order valence-electron chi connectivity index (χ3n) is 2.99. The maximum absolute atomic E-state index is 11.9. The minimum atomic E-state index is -0.628. The maximum atomic E-state index is 11.9. The lowest BCUT2D eigenvalue weighted by molar-refractivity contribution is 0.0669. The summed E-state index contributed by atoms with van der Waals surface area (Å²) < 4.78 is 0. The van der Waals surface area contributed by atoms with Crippen molar-refractivity contribution in [3.8, 4) is 0 Å². The standard InChI is InChI=1S/C13H17NO2/c1-13(16)7-8-14(10-13)9-12(15)11-5-3-2-4-6-11/h2-6,16H,7-10H2,1H3. The normalized spacial score (nSPS) is 25.9. The molecule has 1 saturated heterocycles. The molecular formula is C13H17NO2. The van der Waals surface area contributed by atoms with Crippen molar-refractivity contribution in [1.82, 2.24) is 4.90 Å². The van der Waals surface area contributed by atoms with Gasteiger partial charge in [-0.2, -0.15) is 0 Å². The predicted molar refractivity (Wildman–Crippen MR) is 62.5 cm³/mol. The van der Waals surface area contributed by atoms with Crippen LogP contribution in [-0.2, 0) is 0 Å². The first-order chi connectivity index (χ1) is 7.57. The molecule has 1 unspecified atom stereocenters. The van der Waals surface area contributed by atoms with Crippen LogP contribution in [0.3, 0.4) is 0 Å². The molecule has 1 aromatic carbocycles. The number of likely N-dealkylation sites (tertiary alicyclic amines) is 1. The van der Waals surface area contributed by atoms with E-state index in [4.69, 9.17) is 0 Å². The molecule has 1 fully saturated rings. The summed E-state index contributed by atoms with van der Waals surface area (Å²) in [6.07, 6.45) is 0.745. The fourth-order valence-corrected chi connectivity index (χ4v) is 2.09. The molecule has 86 valence electrons. The molecule has 1 atom stereocenters. The van der Waals surface area contributed by atoms with Crippen molar-refractivity contribution in [2.75, 3.05) is 19.6 Å². The molecular weight excluding hydrogens is 202 g/mol. The number of nitrogens with zero attached hydrogens (tertiary/aromatic N) is 1. The number of aliphatic hydroxyl groups is 1. The molecule has 1 aliphatic heterocycles. The largest absolute Gasteiger partial charge is 0.389 e. The molecule has 1 N–H and O–H groups in total. The van der Waals surface area contributed by atoms with E-state index in [9.17, 15) is 9.90 Å². The molecule has 2 rings (SSSR count). The summed E-state index contributed by atoms with van der Waals surface area (Å²) >= 11 is 0. The van der Waals surface area contributed by atoms with Gasteiger partial charge in [0.25, 0.3) is 0 Å². The van der Waals surface area contributed by atoms with Crippen LogP contribution in [0.4, 0.5) is 0 Å². The molecule has 0 radical (unpaired) electrons. The lowest BCUT2D eigenvalue weighted by atomic mass is 10.1. The quantitative estimate of drug-likeness (QED) is 0.780. The topological polar surface area (TPSA) is 40.5 Å². The number of Topliss-reactive ketones (excluding diaryl/α,β-unsaturated/α-hetero) is 1. The van der Waals surface area contributed by atoms with Gasteiger partial charge in [0.05, 0.1) is 12.1 Å². The van der Waals surface area contributed by atoms with Gasteiger partial charge in [0.15, 0.2) is 5.78 Å². The van der Waals surface area contributed by atoms with E-state index in [0.29, 0.717) is 13.1 Å². The summed E-state index contributed by atoms with van der Waals surface area (Å²) in [7, 11) is 0. The Kier molecular flexibility index (Phi) is 3.08. The van der Waals surface area contributed by atoms with Gasteiger partial charge in [0, 0.05) is 18.7 Å². The molecule has 1 heterocycles. The number of benzene rings is 1. The fourth-order valence-electron chi connectivity index (χ4n) is 2.09. The minimum absolute atomic E-state index is 0.123. The van der Waals surface area contributed by atoms with E-state index in [1.54, 1.807) is 0 Å². The summed E-state index contributed by atoms with van der Waals surface area (Å²) in [4.78, 5) is 13.9. The number of rotatable bonds is 3. The molecule has 3 nitrogen and oxygen atoms in total. The second kappa shape index (κ2) is 4.36. The Hall–Kier alpha value is -1.19. The highest BCUT2D eigenvalue weighted by Gasteiger charge is 2.31.